The van der Waals surface area contributed by atoms with E-state index in [2.05, 4.69) is 34.5 Å². The first-order valence-electron chi connectivity index (χ1n) is 9.95. The molecular weight excluding hydrogens is 326 g/mol. The van der Waals surface area contributed by atoms with E-state index in [0.717, 1.165) is 38.0 Å². The van der Waals surface area contributed by atoms with E-state index in [1.54, 1.807) is 0 Å². The average Bonchev–Trinajstić information content (AvgIpc) is 3.20. The van der Waals surface area contributed by atoms with E-state index in [0.29, 0.717) is 13.1 Å². The van der Waals surface area contributed by atoms with Crippen molar-refractivity contribution in [2.45, 2.75) is 46.1 Å². The van der Waals surface area contributed by atoms with E-state index in [4.69, 9.17) is 0 Å². The van der Waals surface area contributed by atoms with Crippen molar-refractivity contribution in [2.75, 3.05) is 31.1 Å². The second kappa shape index (κ2) is 8.56. The van der Waals surface area contributed by atoms with E-state index in [1.165, 1.54) is 18.5 Å². The van der Waals surface area contributed by atoms with Gasteiger partial charge >= 0.3 is 0 Å². The largest absolute Gasteiger partial charge is 0.372 e. The lowest BCUT2D eigenvalue weighted by atomic mass is 9.96. The highest BCUT2D eigenvalue weighted by atomic mass is 16.2. The molecule has 0 saturated carbocycles. The van der Waals surface area contributed by atoms with Crippen molar-refractivity contribution < 1.29 is 9.59 Å². The maximum absolute atomic E-state index is 12.5. The zero-order chi connectivity index (χ0) is 18.5. The minimum Gasteiger partial charge on any atom is -0.372 e. The predicted octanol–water partition coefficient (Wildman–Crippen LogP) is 2.80. The van der Waals surface area contributed by atoms with Crippen molar-refractivity contribution in [1.82, 2.24) is 10.2 Å². The average molecular weight is 357 g/mol. The molecule has 1 aromatic rings. The molecule has 0 spiro atoms. The number of likely N-dealkylation sites (tertiary alicyclic amines) is 1. The zero-order valence-corrected chi connectivity index (χ0v) is 16.0. The van der Waals surface area contributed by atoms with Crippen LogP contribution in [0.25, 0.3) is 0 Å². The Balaban J connectivity index is 1.49. The third-order valence-corrected chi connectivity index (χ3v) is 5.47. The van der Waals surface area contributed by atoms with Crippen LogP contribution in [0.5, 0.6) is 0 Å². The Morgan fingerprint density at radius 3 is 2.42 bits per heavy atom. The minimum absolute atomic E-state index is 0.00840. The molecule has 2 aliphatic rings. The van der Waals surface area contributed by atoms with Gasteiger partial charge in [-0.05, 0) is 43.4 Å². The Bertz CT molecular complexity index is 621. The van der Waals surface area contributed by atoms with Crippen LogP contribution in [-0.4, -0.2) is 42.9 Å². The van der Waals surface area contributed by atoms with Crippen molar-refractivity contribution in [3.63, 3.8) is 0 Å². The Kier molecular flexibility index (Phi) is 6.17. The van der Waals surface area contributed by atoms with Crippen molar-refractivity contribution in [1.29, 1.82) is 0 Å². The van der Waals surface area contributed by atoms with Crippen molar-refractivity contribution in [3.8, 4) is 0 Å². The van der Waals surface area contributed by atoms with E-state index in [-0.39, 0.29) is 23.7 Å². The molecule has 1 aromatic carbocycles. The number of rotatable bonds is 5. The van der Waals surface area contributed by atoms with Crippen LogP contribution in [0.4, 0.5) is 5.69 Å². The minimum atomic E-state index is -0.0877. The van der Waals surface area contributed by atoms with Gasteiger partial charge in [-0.1, -0.05) is 26.0 Å². The van der Waals surface area contributed by atoms with Gasteiger partial charge in [0.05, 0.1) is 5.92 Å². The summed E-state index contributed by atoms with van der Waals surface area (Å²) in [6.45, 7) is 7.99. The summed E-state index contributed by atoms with van der Waals surface area (Å²) in [5.41, 5.74) is 2.39. The van der Waals surface area contributed by atoms with Crippen LogP contribution < -0.4 is 10.2 Å². The Morgan fingerprint density at radius 2 is 1.77 bits per heavy atom. The molecule has 2 amide bonds. The summed E-state index contributed by atoms with van der Waals surface area (Å²) in [6, 6.07) is 8.50. The molecule has 0 radical (unpaired) electrons. The van der Waals surface area contributed by atoms with Crippen LogP contribution in [0.3, 0.4) is 0 Å². The van der Waals surface area contributed by atoms with Crippen LogP contribution in [0, 0.1) is 11.8 Å². The third kappa shape index (κ3) is 4.57. The fraction of sp³-hybridized carbons (Fsp3) is 0.619. The fourth-order valence-electron chi connectivity index (χ4n) is 3.89. The molecule has 0 bridgehead atoms. The molecule has 5 nitrogen and oxygen atoms in total. The number of hydrogen-bond acceptors (Lipinski definition) is 3. The van der Waals surface area contributed by atoms with Gasteiger partial charge in [-0.15, -0.1) is 0 Å². The quantitative estimate of drug-likeness (QED) is 0.882. The lowest BCUT2D eigenvalue weighted by molar-refractivity contribution is -0.138. The number of carbonyl (C=O) groups is 2. The topological polar surface area (TPSA) is 52.7 Å². The van der Waals surface area contributed by atoms with Crippen molar-refractivity contribution in [3.05, 3.63) is 29.8 Å². The fourth-order valence-corrected chi connectivity index (χ4v) is 3.89. The molecule has 2 heterocycles. The second-order valence-corrected chi connectivity index (χ2v) is 7.86. The van der Waals surface area contributed by atoms with Crippen LogP contribution in [-0.2, 0) is 16.1 Å². The Labute approximate surface area is 156 Å². The second-order valence-electron chi connectivity index (χ2n) is 7.86. The lowest BCUT2D eigenvalue weighted by Crippen LogP contribution is -2.46. The SMILES string of the molecule is CC(C)C(=O)N1CCC[C@H](C(=O)NCc2ccc(N3CCCC3)cc2)C1. The molecule has 5 heteroatoms. The molecule has 1 atom stereocenters. The summed E-state index contributed by atoms with van der Waals surface area (Å²) in [6.07, 6.45) is 4.31. The van der Waals surface area contributed by atoms with E-state index in [9.17, 15) is 9.59 Å². The Hall–Kier alpha value is -2.04. The molecular formula is C21H31N3O2. The monoisotopic (exact) mass is 357 g/mol. The lowest BCUT2D eigenvalue weighted by Gasteiger charge is -2.33. The number of carbonyl (C=O) groups excluding carboxylic acids is 2. The summed E-state index contributed by atoms with van der Waals surface area (Å²) < 4.78 is 0. The predicted molar refractivity (Wildman–Crippen MR) is 104 cm³/mol. The highest BCUT2D eigenvalue weighted by Gasteiger charge is 2.29. The molecule has 2 fully saturated rings. The van der Waals surface area contributed by atoms with E-state index in [1.807, 2.05) is 18.7 Å². The maximum atomic E-state index is 12.5. The first kappa shape index (κ1) is 18.7. The summed E-state index contributed by atoms with van der Waals surface area (Å²) in [5, 5.41) is 3.06. The van der Waals surface area contributed by atoms with Crippen LogP contribution in [0.2, 0.25) is 0 Å². The van der Waals surface area contributed by atoms with Gasteiger partial charge in [0.25, 0.3) is 0 Å². The number of piperidine rings is 1. The zero-order valence-electron chi connectivity index (χ0n) is 16.0. The Morgan fingerprint density at radius 1 is 1.08 bits per heavy atom. The highest BCUT2D eigenvalue weighted by Crippen LogP contribution is 2.21. The van der Waals surface area contributed by atoms with Crippen LogP contribution >= 0.6 is 0 Å². The number of hydrogen-bond donors (Lipinski definition) is 1. The first-order chi connectivity index (χ1) is 12.5. The van der Waals surface area contributed by atoms with Gasteiger partial charge in [0, 0.05) is 44.3 Å². The molecule has 2 aliphatic heterocycles. The molecule has 142 valence electrons. The number of anilines is 1. The van der Waals surface area contributed by atoms with Gasteiger partial charge < -0.3 is 15.1 Å². The number of amides is 2. The molecule has 0 aromatic heterocycles. The van der Waals surface area contributed by atoms with E-state index < -0.39 is 0 Å². The van der Waals surface area contributed by atoms with Gasteiger partial charge in [0.1, 0.15) is 0 Å². The maximum Gasteiger partial charge on any atom is 0.225 e. The number of benzene rings is 1. The van der Waals surface area contributed by atoms with Gasteiger partial charge in [0.2, 0.25) is 11.8 Å². The molecule has 0 aliphatic carbocycles. The van der Waals surface area contributed by atoms with Crippen LogP contribution in [0.1, 0.15) is 45.1 Å². The number of nitrogens with one attached hydrogen (secondary N) is 1. The molecule has 2 saturated heterocycles. The van der Waals surface area contributed by atoms with Crippen molar-refractivity contribution in [2.24, 2.45) is 11.8 Å². The highest BCUT2D eigenvalue weighted by molar-refractivity contribution is 5.82. The summed E-state index contributed by atoms with van der Waals surface area (Å²) in [5.74, 6) is 0.121. The van der Waals surface area contributed by atoms with Gasteiger partial charge in [0.15, 0.2) is 0 Å². The summed E-state index contributed by atoms with van der Waals surface area (Å²) in [7, 11) is 0. The first-order valence-corrected chi connectivity index (χ1v) is 9.95. The summed E-state index contributed by atoms with van der Waals surface area (Å²) in [4.78, 5) is 29.0. The van der Waals surface area contributed by atoms with Gasteiger partial charge in [-0.3, -0.25) is 9.59 Å². The normalized spacial score (nSPS) is 20.5. The molecule has 1 N–H and O–H groups in total. The smallest absolute Gasteiger partial charge is 0.225 e. The third-order valence-electron chi connectivity index (χ3n) is 5.47. The molecule has 26 heavy (non-hydrogen) atoms. The summed E-state index contributed by atoms with van der Waals surface area (Å²) >= 11 is 0. The molecule has 0 unspecified atom stereocenters. The van der Waals surface area contributed by atoms with Gasteiger partial charge in [-0.2, -0.15) is 0 Å². The standard InChI is InChI=1S/C21H31N3O2/c1-16(2)21(26)24-13-5-6-18(15-24)20(25)22-14-17-7-9-19(10-8-17)23-11-3-4-12-23/h7-10,16,18H,3-6,11-15H2,1-2H3,(H,22,25)/t18-/m0/s1. The van der Waals surface area contributed by atoms with Crippen LogP contribution in [0.15, 0.2) is 24.3 Å². The van der Waals surface area contributed by atoms with Crippen molar-refractivity contribution >= 4 is 17.5 Å². The molecule has 3 rings (SSSR count). The number of nitrogens with zero attached hydrogens (tertiary/aromatic N) is 2. The van der Waals surface area contributed by atoms with E-state index >= 15 is 0 Å². The van der Waals surface area contributed by atoms with Gasteiger partial charge in [-0.25, -0.2) is 0 Å².